The molecule has 10 nitrogen and oxygen atoms in total. The van der Waals surface area contributed by atoms with Crippen LogP contribution in [-0.4, -0.2) is 42.8 Å². The summed E-state index contributed by atoms with van der Waals surface area (Å²) in [6, 6.07) is 7.38. The molecule has 1 amide bonds. The van der Waals surface area contributed by atoms with Crippen LogP contribution < -0.4 is 15.4 Å². The normalized spacial score (nSPS) is 17.7. The van der Waals surface area contributed by atoms with Crippen molar-refractivity contribution in [1.82, 2.24) is 19.7 Å². The number of nitrogens with zero attached hydrogens (tertiary/aromatic N) is 4. The Balaban J connectivity index is 1.48. The summed E-state index contributed by atoms with van der Waals surface area (Å²) in [6.07, 6.45) is 7.76. The van der Waals surface area contributed by atoms with E-state index in [1.807, 2.05) is 33.0 Å². The van der Waals surface area contributed by atoms with E-state index in [-0.39, 0.29) is 12.0 Å². The number of hydrogen-bond acceptors (Lipinski definition) is 7. The summed E-state index contributed by atoms with van der Waals surface area (Å²) in [6.45, 7) is 3.85. The molecule has 1 aliphatic rings. The number of anilines is 3. The number of aryl methyl sites for hydroxylation is 1. The molecule has 3 N–H and O–H groups in total. The van der Waals surface area contributed by atoms with E-state index >= 15 is 0 Å². The summed E-state index contributed by atoms with van der Waals surface area (Å²) in [5, 5.41) is 20.0. The number of ether oxygens (including phenoxy) is 1. The van der Waals surface area contributed by atoms with Gasteiger partial charge in [-0.15, -0.1) is 0 Å². The van der Waals surface area contributed by atoms with Crippen LogP contribution in [0.3, 0.4) is 0 Å². The predicted octanol–water partition coefficient (Wildman–Crippen LogP) is 4.24. The number of nitrogens with one attached hydrogen (secondary N) is 2. The summed E-state index contributed by atoms with van der Waals surface area (Å²) in [7, 11) is 1.82. The van der Waals surface area contributed by atoms with Crippen LogP contribution in [0, 0.1) is 11.8 Å². The SMILES string of the molecule is CC(C)Oc1cncc(Nc2c(-c3ccc(NC(=O)[C@H]4CCCC[C@@H]4C(=O)O)cc3)cnn2C)n1. The van der Waals surface area contributed by atoms with Crippen LogP contribution in [0.15, 0.2) is 42.9 Å². The first kappa shape index (κ1) is 24.2. The topological polar surface area (TPSA) is 131 Å². The van der Waals surface area contributed by atoms with Crippen LogP contribution >= 0.6 is 0 Å². The molecule has 2 heterocycles. The molecule has 1 saturated carbocycles. The maximum atomic E-state index is 12.8. The number of rotatable bonds is 8. The largest absolute Gasteiger partial charge is 0.481 e. The van der Waals surface area contributed by atoms with Gasteiger partial charge >= 0.3 is 5.97 Å². The Bertz CT molecular complexity index is 1190. The molecule has 0 unspecified atom stereocenters. The van der Waals surface area contributed by atoms with E-state index in [1.54, 1.807) is 35.4 Å². The molecule has 1 aromatic carbocycles. The number of carbonyl (C=O) groups is 2. The van der Waals surface area contributed by atoms with Crippen molar-refractivity contribution in [2.75, 3.05) is 10.6 Å². The fourth-order valence-electron chi connectivity index (χ4n) is 4.33. The van der Waals surface area contributed by atoms with E-state index in [1.165, 1.54) is 0 Å². The minimum Gasteiger partial charge on any atom is -0.481 e. The molecule has 4 rings (SSSR count). The molecule has 35 heavy (non-hydrogen) atoms. The van der Waals surface area contributed by atoms with E-state index < -0.39 is 17.8 Å². The smallest absolute Gasteiger partial charge is 0.307 e. The zero-order valence-corrected chi connectivity index (χ0v) is 20.1. The number of carboxylic acids is 1. The highest BCUT2D eigenvalue weighted by molar-refractivity contribution is 5.95. The van der Waals surface area contributed by atoms with Gasteiger partial charge in [0, 0.05) is 18.3 Å². The fraction of sp³-hybridized carbons (Fsp3) is 0.400. The zero-order valence-electron chi connectivity index (χ0n) is 20.1. The van der Waals surface area contributed by atoms with Crippen molar-refractivity contribution in [2.24, 2.45) is 18.9 Å². The first-order valence-electron chi connectivity index (χ1n) is 11.7. The van der Waals surface area contributed by atoms with Crippen molar-refractivity contribution < 1.29 is 19.4 Å². The van der Waals surface area contributed by atoms with Crippen LogP contribution in [-0.2, 0) is 16.6 Å². The number of aromatic nitrogens is 4. The quantitative estimate of drug-likeness (QED) is 0.438. The molecule has 1 aliphatic carbocycles. The van der Waals surface area contributed by atoms with Gasteiger partial charge in [0.2, 0.25) is 11.8 Å². The van der Waals surface area contributed by atoms with Gasteiger partial charge in [-0.05, 0) is 44.4 Å². The molecular weight excluding hydrogens is 448 g/mol. The first-order valence-corrected chi connectivity index (χ1v) is 11.7. The third-order valence-corrected chi connectivity index (χ3v) is 6.04. The van der Waals surface area contributed by atoms with Gasteiger partial charge in [-0.2, -0.15) is 10.1 Å². The van der Waals surface area contributed by atoms with E-state index in [2.05, 4.69) is 25.7 Å². The molecule has 10 heteroatoms. The van der Waals surface area contributed by atoms with E-state index in [9.17, 15) is 14.7 Å². The van der Waals surface area contributed by atoms with E-state index in [4.69, 9.17) is 4.74 Å². The van der Waals surface area contributed by atoms with Crippen molar-refractivity contribution in [1.29, 1.82) is 0 Å². The number of aliphatic carboxylic acids is 1. The molecule has 0 saturated heterocycles. The summed E-state index contributed by atoms with van der Waals surface area (Å²) in [5.74, 6) is -0.594. The summed E-state index contributed by atoms with van der Waals surface area (Å²) in [5.41, 5.74) is 2.36. The third kappa shape index (κ3) is 5.76. The molecule has 0 aliphatic heterocycles. The van der Waals surface area contributed by atoms with Crippen molar-refractivity contribution in [2.45, 2.75) is 45.6 Å². The molecule has 0 bridgehead atoms. The second-order valence-electron chi connectivity index (χ2n) is 8.97. The van der Waals surface area contributed by atoms with Crippen LogP contribution in [0.1, 0.15) is 39.5 Å². The van der Waals surface area contributed by atoms with Crippen LogP contribution in [0.4, 0.5) is 17.3 Å². The minimum atomic E-state index is -0.900. The Morgan fingerprint density at radius 1 is 1.09 bits per heavy atom. The van der Waals surface area contributed by atoms with Crippen molar-refractivity contribution >= 4 is 29.2 Å². The number of carbonyl (C=O) groups excluding carboxylic acids is 1. The standard InChI is InChI=1S/C25H30N6O4/c1-15(2)35-22-14-26-13-21(29-22)30-23-20(12-27-31(23)3)16-8-10-17(11-9-16)28-24(32)18-6-4-5-7-19(18)25(33)34/h8-15,18-19H,4-7H2,1-3H3,(H,28,32)(H,29,30)(H,33,34)/t18-,19-/m0/s1. The Hall–Kier alpha value is -3.95. The lowest BCUT2D eigenvalue weighted by atomic mass is 9.78. The highest BCUT2D eigenvalue weighted by Gasteiger charge is 2.35. The second kappa shape index (κ2) is 10.5. The Morgan fingerprint density at radius 2 is 1.80 bits per heavy atom. The van der Waals surface area contributed by atoms with E-state index in [0.717, 1.165) is 29.8 Å². The second-order valence-corrected chi connectivity index (χ2v) is 8.97. The van der Waals surface area contributed by atoms with Crippen molar-refractivity contribution in [3.8, 4) is 17.0 Å². The monoisotopic (exact) mass is 478 g/mol. The number of carboxylic acid groups (broad SMARTS) is 1. The van der Waals surface area contributed by atoms with Gasteiger partial charge in [0.25, 0.3) is 0 Å². The Labute approximate surface area is 203 Å². The third-order valence-electron chi connectivity index (χ3n) is 6.04. The minimum absolute atomic E-state index is 0.0149. The molecule has 0 spiro atoms. The van der Waals surface area contributed by atoms with Gasteiger partial charge in [0.15, 0.2) is 5.82 Å². The van der Waals surface area contributed by atoms with Gasteiger partial charge in [-0.25, -0.2) is 0 Å². The average molecular weight is 479 g/mol. The summed E-state index contributed by atoms with van der Waals surface area (Å²) in [4.78, 5) is 33.0. The fourth-order valence-corrected chi connectivity index (χ4v) is 4.33. The first-order chi connectivity index (χ1) is 16.8. The molecular formula is C25H30N6O4. The zero-order chi connectivity index (χ0) is 24.9. The lowest BCUT2D eigenvalue weighted by Gasteiger charge is -2.27. The maximum Gasteiger partial charge on any atom is 0.307 e. The van der Waals surface area contributed by atoms with Gasteiger partial charge in [0.1, 0.15) is 5.82 Å². The maximum absolute atomic E-state index is 12.8. The van der Waals surface area contributed by atoms with Gasteiger partial charge in [0.05, 0.1) is 36.5 Å². The van der Waals surface area contributed by atoms with Gasteiger partial charge in [-0.1, -0.05) is 25.0 Å². The van der Waals surface area contributed by atoms with Crippen LogP contribution in [0.5, 0.6) is 5.88 Å². The van der Waals surface area contributed by atoms with E-state index in [0.29, 0.717) is 30.2 Å². The Kier molecular flexibility index (Phi) is 7.28. The lowest BCUT2D eigenvalue weighted by Crippen LogP contribution is -2.36. The highest BCUT2D eigenvalue weighted by Crippen LogP contribution is 2.33. The van der Waals surface area contributed by atoms with Crippen molar-refractivity contribution in [3.05, 3.63) is 42.9 Å². The predicted molar refractivity (Wildman–Crippen MR) is 131 cm³/mol. The van der Waals surface area contributed by atoms with Gasteiger partial charge < -0.3 is 20.5 Å². The average Bonchev–Trinajstić information content (AvgIpc) is 3.19. The summed E-state index contributed by atoms with van der Waals surface area (Å²) < 4.78 is 7.33. The molecule has 0 radical (unpaired) electrons. The lowest BCUT2D eigenvalue weighted by molar-refractivity contribution is -0.147. The number of hydrogen-bond donors (Lipinski definition) is 3. The molecule has 1 fully saturated rings. The molecule has 2 aromatic heterocycles. The van der Waals surface area contributed by atoms with Crippen LogP contribution in [0.2, 0.25) is 0 Å². The summed E-state index contributed by atoms with van der Waals surface area (Å²) >= 11 is 0. The molecule has 184 valence electrons. The number of amides is 1. The Morgan fingerprint density at radius 3 is 2.49 bits per heavy atom. The van der Waals surface area contributed by atoms with Crippen LogP contribution in [0.25, 0.3) is 11.1 Å². The number of benzene rings is 1. The molecule has 3 aromatic rings. The van der Waals surface area contributed by atoms with Gasteiger partial charge in [-0.3, -0.25) is 19.3 Å². The van der Waals surface area contributed by atoms with Crippen molar-refractivity contribution in [3.63, 3.8) is 0 Å². The highest BCUT2D eigenvalue weighted by atomic mass is 16.5. The molecule has 2 atom stereocenters.